The lowest BCUT2D eigenvalue weighted by Gasteiger charge is -2.17. The first-order chi connectivity index (χ1) is 14.3. The first-order valence-corrected chi connectivity index (χ1v) is 9.57. The molecule has 0 amide bonds. The number of pyridine rings is 1. The van der Waals surface area contributed by atoms with E-state index in [1.165, 1.54) is 24.3 Å². The van der Waals surface area contributed by atoms with Crippen LogP contribution >= 0.6 is 12.2 Å². The highest BCUT2D eigenvalue weighted by atomic mass is 32.1. The van der Waals surface area contributed by atoms with E-state index in [9.17, 15) is 13.9 Å². The maximum atomic E-state index is 13.3. The summed E-state index contributed by atoms with van der Waals surface area (Å²) in [6.07, 6.45) is 3.44. The van der Waals surface area contributed by atoms with Crippen LogP contribution in [0.1, 0.15) is 16.7 Å². The van der Waals surface area contributed by atoms with Crippen LogP contribution < -0.4 is 19.7 Å². The zero-order chi connectivity index (χ0) is 21.7. The van der Waals surface area contributed by atoms with Crippen molar-refractivity contribution in [3.8, 4) is 5.75 Å². The molecule has 3 aromatic rings. The second-order valence-corrected chi connectivity index (χ2v) is 7.10. The molecule has 3 rings (SSSR count). The number of alkyl halides is 2. The number of hydrogen-bond acceptors (Lipinski definition) is 3. The summed E-state index contributed by atoms with van der Waals surface area (Å²) in [5.41, 5.74) is 3.45. The number of aromatic nitrogens is 1. The predicted molar refractivity (Wildman–Crippen MR) is 115 cm³/mol. The number of nitrogens with zero attached hydrogens (tertiary/aromatic N) is 1. The van der Waals surface area contributed by atoms with Crippen LogP contribution in [0.3, 0.4) is 0 Å². The Morgan fingerprint density at radius 2 is 1.60 bits per heavy atom. The van der Waals surface area contributed by atoms with Gasteiger partial charge < -0.3 is 15.2 Å². The largest absolute Gasteiger partial charge is 0.867 e. The van der Waals surface area contributed by atoms with E-state index in [2.05, 4.69) is 10.1 Å². The lowest BCUT2D eigenvalue weighted by atomic mass is 10.1. The average Bonchev–Trinajstić information content (AvgIpc) is 2.68. The molecule has 0 aliphatic carbocycles. The van der Waals surface area contributed by atoms with E-state index >= 15 is 0 Å². The van der Waals surface area contributed by atoms with Gasteiger partial charge in [-0.2, -0.15) is 13.3 Å². The second-order valence-electron chi connectivity index (χ2n) is 6.69. The minimum absolute atomic E-state index is 0.0219. The molecule has 30 heavy (non-hydrogen) atoms. The topological polar surface area (TPSA) is 48.2 Å². The number of halogens is 2. The summed E-state index contributed by atoms with van der Waals surface area (Å²) in [7, 11) is 0. The number of nitrogens with one attached hydrogen (secondary N) is 1. The van der Waals surface area contributed by atoms with Crippen molar-refractivity contribution in [3.05, 3.63) is 89.7 Å². The molecule has 0 aliphatic rings. The first-order valence-electron chi connectivity index (χ1n) is 9.16. The molecule has 0 radical (unpaired) electrons. The monoisotopic (exact) mass is 426 g/mol. The molecule has 2 aromatic carbocycles. The van der Waals surface area contributed by atoms with E-state index in [1.54, 1.807) is 29.1 Å². The van der Waals surface area contributed by atoms with Crippen molar-refractivity contribution in [2.75, 3.05) is 5.32 Å². The fourth-order valence-corrected chi connectivity index (χ4v) is 3.36. The van der Waals surface area contributed by atoms with Gasteiger partial charge in [-0.1, -0.05) is 36.5 Å². The molecule has 0 atom stereocenters. The maximum Gasteiger partial charge on any atom is 0.387 e. The van der Waals surface area contributed by atoms with Crippen molar-refractivity contribution in [2.45, 2.75) is 20.5 Å². The number of thiocarbonyl (C=S) groups is 1. The highest BCUT2D eigenvalue weighted by Gasteiger charge is 2.19. The SMILES string of the molecule is Cc1cc(C)cc(NC(=S)C(=C([O-])c2ccc(OC(F)F)cc2)[n+]2ccccc2)c1. The molecule has 1 aromatic heterocycles. The predicted octanol–water partition coefficient (Wildman–Crippen LogP) is 4.32. The van der Waals surface area contributed by atoms with Gasteiger partial charge in [0.25, 0.3) is 0 Å². The van der Waals surface area contributed by atoms with Crippen LogP contribution in [-0.4, -0.2) is 11.6 Å². The minimum atomic E-state index is -2.93. The lowest BCUT2D eigenvalue weighted by Crippen LogP contribution is -2.39. The van der Waals surface area contributed by atoms with Crippen LogP contribution in [0.15, 0.2) is 73.1 Å². The van der Waals surface area contributed by atoms with Crippen molar-refractivity contribution >= 4 is 34.3 Å². The summed E-state index contributed by atoms with van der Waals surface area (Å²) in [5.74, 6) is -0.372. The third-order valence-corrected chi connectivity index (χ3v) is 4.52. The summed E-state index contributed by atoms with van der Waals surface area (Å²) in [5, 5.41) is 16.4. The number of hydrogen-bond donors (Lipinski definition) is 1. The highest BCUT2D eigenvalue weighted by molar-refractivity contribution is 7.81. The summed E-state index contributed by atoms with van der Waals surface area (Å²) in [6.45, 7) is 1.03. The summed E-state index contributed by atoms with van der Waals surface area (Å²) >= 11 is 5.57. The molecule has 0 spiro atoms. The Bertz CT molecular complexity index is 1050. The molecule has 1 heterocycles. The van der Waals surface area contributed by atoms with Crippen LogP contribution in [0.4, 0.5) is 14.5 Å². The van der Waals surface area contributed by atoms with Gasteiger partial charge in [0.15, 0.2) is 17.4 Å². The molecule has 0 saturated carbocycles. The van der Waals surface area contributed by atoms with Gasteiger partial charge in [-0.3, -0.25) is 0 Å². The third-order valence-electron chi connectivity index (χ3n) is 4.23. The Hall–Kier alpha value is -3.32. The molecule has 0 unspecified atom stereocenters. The molecule has 1 N–H and O–H groups in total. The van der Waals surface area contributed by atoms with Gasteiger partial charge in [0.2, 0.25) is 5.70 Å². The van der Waals surface area contributed by atoms with Gasteiger partial charge in [0.1, 0.15) is 5.75 Å². The molecule has 7 heteroatoms. The molecular weight excluding hydrogens is 406 g/mol. The number of rotatable bonds is 6. The summed E-state index contributed by atoms with van der Waals surface area (Å²) < 4.78 is 30.7. The van der Waals surface area contributed by atoms with E-state index in [0.29, 0.717) is 5.56 Å². The molecule has 4 nitrogen and oxygen atoms in total. The van der Waals surface area contributed by atoms with E-state index in [-0.39, 0.29) is 22.2 Å². The zero-order valence-electron chi connectivity index (χ0n) is 16.4. The van der Waals surface area contributed by atoms with Gasteiger partial charge in [0.05, 0.1) is 0 Å². The zero-order valence-corrected chi connectivity index (χ0v) is 17.2. The molecule has 154 valence electrons. The quantitative estimate of drug-likeness (QED) is 0.276. The molecule has 0 saturated heterocycles. The minimum Gasteiger partial charge on any atom is -0.867 e. The van der Waals surface area contributed by atoms with Gasteiger partial charge in [-0.05, 0) is 60.6 Å². The smallest absolute Gasteiger partial charge is 0.387 e. The first kappa shape index (κ1) is 21.4. The fraction of sp³-hybridized carbons (Fsp3) is 0.130. The van der Waals surface area contributed by atoms with Crippen molar-refractivity contribution in [2.24, 2.45) is 0 Å². The Morgan fingerprint density at radius 3 is 2.17 bits per heavy atom. The maximum absolute atomic E-state index is 13.3. The van der Waals surface area contributed by atoms with Crippen molar-refractivity contribution in [3.63, 3.8) is 0 Å². The van der Waals surface area contributed by atoms with Crippen LogP contribution in [0.5, 0.6) is 5.75 Å². The van der Waals surface area contributed by atoms with Gasteiger partial charge in [-0.15, -0.1) is 0 Å². The van der Waals surface area contributed by atoms with Gasteiger partial charge in [-0.25, -0.2) is 0 Å². The van der Waals surface area contributed by atoms with Crippen LogP contribution in [0, 0.1) is 13.8 Å². The summed E-state index contributed by atoms with van der Waals surface area (Å²) in [6, 6.07) is 16.8. The summed E-state index contributed by atoms with van der Waals surface area (Å²) in [4.78, 5) is 0.245. The Labute approximate surface area is 179 Å². The van der Waals surface area contributed by atoms with E-state index < -0.39 is 6.61 Å². The number of ether oxygens (including phenoxy) is 1. The lowest BCUT2D eigenvalue weighted by molar-refractivity contribution is -0.577. The van der Waals surface area contributed by atoms with Crippen LogP contribution in [-0.2, 0) is 0 Å². The Morgan fingerprint density at radius 1 is 1.00 bits per heavy atom. The van der Waals surface area contributed by atoms with Crippen molar-refractivity contribution in [1.29, 1.82) is 0 Å². The van der Waals surface area contributed by atoms with E-state index in [4.69, 9.17) is 12.2 Å². The second kappa shape index (κ2) is 9.45. The van der Waals surface area contributed by atoms with Gasteiger partial charge >= 0.3 is 6.61 Å². The van der Waals surface area contributed by atoms with Gasteiger partial charge in [0, 0.05) is 17.8 Å². The average molecular weight is 426 g/mol. The number of aryl methyl sites for hydroxylation is 2. The molecule has 0 aliphatic heterocycles. The Balaban J connectivity index is 2.00. The normalized spacial score (nSPS) is 11.8. The standard InChI is InChI=1S/C23H20F2N2O2S/c1-15-12-16(2)14-18(13-15)26-22(30)20(27-10-4-3-5-11-27)21(28)17-6-8-19(9-7-17)29-23(24)25/h3-14,23H,1-2H3,(H-,26,28,30). The Kier molecular flexibility index (Phi) is 6.74. The molecular formula is C23H20F2N2O2S. The highest BCUT2D eigenvalue weighted by Crippen LogP contribution is 2.21. The van der Waals surface area contributed by atoms with Crippen molar-refractivity contribution < 1.29 is 23.2 Å². The van der Waals surface area contributed by atoms with Crippen LogP contribution in [0.2, 0.25) is 0 Å². The van der Waals surface area contributed by atoms with Crippen molar-refractivity contribution in [1.82, 2.24) is 0 Å². The van der Waals surface area contributed by atoms with E-state index in [0.717, 1.165) is 16.8 Å². The number of anilines is 1. The van der Waals surface area contributed by atoms with E-state index in [1.807, 2.05) is 38.1 Å². The number of benzene rings is 2. The van der Waals surface area contributed by atoms with Crippen LogP contribution in [0.25, 0.3) is 11.5 Å². The molecule has 0 fully saturated rings. The molecule has 0 bridgehead atoms. The fourth-order valence-electron chi connectivity index (χ4n) is 3.05. The third kappa shape index (κ3) is 5.39.